The van der Waals surface area contributed by atoms with Crippen LogP contribution in [0.2, 0.25) is 0 Å². The number of carbonyl (C=O) groups excluding carboxylic acids is 1. The lowest BCUT2D eigenvalue weighted by Gasteiger charge is -2.00. The van der Waals surface area contributed by atoms with E-state index in [0.717, 1.165) is 31.8 Å². The first kappa shape index (κ1) is 15.0. The van der Waals surface area contributed by atoms with E-state index in [-0.39, 0.29) is 5.91 Å². The van der Waals surface area contributed by atoms with Crippen molar-refractivity contribution in [1.82, 2.24) is 9.97 Å². The molecule has 0 atom stereocenters. The molecule has 0 bridgehead atoms. The van der Waals surface area contributed by atoms with Crippen molar-refractivity contribution in [3.8, 4) is 11.3 Å². The fourth-order valence-electron chi connectivity index (χ4n) is 2.52. The summed E-state index contributed by atoms with van der Waals surface area (Å²) in [5, 5.41) is 6.55. The molecule has 1 aromatic carbocycles. The molecule has 4 rings (SSSR count). The van der Waals surface area contributed by atoms with Crippen molar-refractivity contribution in [2.75, 3.05) is 5.32 Å². The standard InChI is InChI=1S/C18H13N3OS2/c1-11-13-6-2-3-7-15(13)24-16(11)17(22)21-18-20-14(10-23-18)12-5-4-8-19-9-12/h2-10H,1H3,(H,20,21,22). The molecule has 0 spiro atoms. The molecule has 0 radical (unpaired) electrons. The van der Waals surface area contributed by atoms with Gasteiger partial charge in [-0.15, -0.1) is 22.7 Å². The van der Waals surface area contributed by atoms with Gasteiger partial charge in [-0.05, 0) is 36.1 Å². The van der Waals surface area contributed by atoms with E-state index in [4.69, 9.17) is 0 Å². The molecular formula is C18H13N3OS2. The highest BCUT2D eigenvalue weighted by molar-refractivity contribution is 7.21. The van der Waals surface area contributed by atoms with Crippen LogP contribution in [0.4, 0.5) is 5.13 Å². The van der Waals surface area contributed by atoms with Crippen LogP contribution in [-0.2, 0) is 0 Å². The second-order valence-corrected chi connectivity index (χ2v) is 7.20. The van der Waals surface area contributed by atoms with E-state index in [1.807, 2.05) is 48.7 Å². The second kappa shape index (κ2) is 6.14. The van der Waals surface area contributed by atoms with Crippen molar-refractivity contribution in [3.63, 3.8) is 0 Å². The van der Waals surface area contributed by atoms with Gasteiger partial charge < -0.3 is 0 Å². The summed E-state index contributed by atoms with van der Waals surface area (Å²) < 4.78 is 1.12. The van der Waals surface area contributed by atoms with Crippen molar-refractivity contribution < 1.29 is 4.79 Å². The fourth-order valence-corrected chi connectivity index (χ4v) is 4.34. The van der Waals surface area contributed by atoms with Crippen molar-refractivity contribution >= 4 is 43.8 Å². The number of fused-ring (bicyclic) bond motifs is 1. The molecule has 0 saturated heterocycles. The van der Waals surface area contributed by atoms with Gasteiger partial charge in [0.1, 0.15) is 0 Å². The summed E-state index contributed by atoms with van der Waals surface area (Å²) in [6.45, 7) is 1.98. The summed E-state index contributed by atoms with van der Waals surface area (Å²) in [5.74, 6) is -0.110. The highest BCUT2D eigenvalue weighted by atomic mass is 32.1. The molecule has 24 heavy (non-hydrogen) atoms. The monoisotopic (exact) mass is 351 g/mol. The van der Waals surface area contributed by atoms with Crippen LogP contribution in [0.5, 0.6) is 0 Å². The predicted octanol–water partition coefficient (Wildman–Crippen LogP) is 4.98. The topological polar surface area (TPSA) is 54.9 Å². The quantitative estimate of drug-likeness (QED) is 0.566. The Hall–Kier alpha value is -2.57. The number of amides is 1. The van der Waals surface area contributed by atoms with Gasteiger partial charge in [-0.1, -0.05) is 18.2 Å². The van der Waals surface area contributed by atoms with E-state index in [1.165, 1.54) is 22.7 Å². The average molecular weight is 351 g/mol. The summed E-state index contributed by atoms with van der Waals surface area (Å²) in [7, 11) is 0. The first-order chi connectivity index (χ1) is 11.7. The normalized spacial score (nSPS) is 10.9. The van der Waals surface area contributed by atoms with Gasteiger partial charge in [0.15, 0.2) is 5.13 Å². The molecule has 1 amide bonds. The average Bonchev–Trinajstić information content (AvgIpc) is 3.21. The number of pyridine rings is 1. The number of rotatable bonds is 3. The van der Waals surface area contributed by atoms with Crippen LogP contribution in [0.25, 0.3) is 21.3 Å². The van der Waals surface area contributed by atoms with E-state index in [2.05, 4.69) is 15.3 Å². The maximum atomic E-state index is 12.6. The molecule has 4 aromatic rings. The molecule has 0 aliphatic carbocycles. The third-order valence-electron chi connectivity index (χ3n) is 3.73. The van der Waals surface area contributed by atoms with Gasteiger partial charge in [0, 0.05) is 28.0 Å². The number of aryl methyl sites for hydroxylation is 1. The Morgan fingerprint density at radius 3 is 2.83 bits per heavy atom. The smallest absolute Gasteiger partial charge is 0.267 e. The van der Waals surface area contributed by atoms with E-state index in [9.17, 15) is 4.79 Å². The minimum absolute atomic E-state index is 0.110. The molecule has 118 valence electrons. The Kier molecular flexibility index (Phi) is 3.84. The molecular weight excluding hydrogens is 338 g/mol. The SMILES string of the molecule is Cc1c(C(=O)Nc2nc(-c3cccnc3)cs2)sc2ccccc12. The highest BCUT2D eigenvalue weighted by Crippen LogP contribution is 2.31. The molecule has 0 saturated carbocycles. The number of hydrogen-bond acceptors (Lipinski definition) is 5. The number of benzene rings is 1. The van der Waals surface area contributed by atoms with E-state index < -0.39 is 0 Å². The Bertz CT molecular complexity index is 1020. The first-order valence-electron chi connectivity index (χ1n) is 7.38. The number of thiophene rings is 1. The van der Waals surface area contributed by atoms with E-state index >= 15 is 0 Å². The van der Waals surface area contributed by atoms with Gasteiger partial charge in [-0.3, -0.25) is 15.1 Å². The van der Waals surface area contributed by atoms with Crippen LogP contribution in [0.3, 0.4) is 0 Å². The molecule has 0 aliphatic rings. The predicted molar refractivity (Wildman–Crippen MR) is 99.9 cm³/mol. The number of hydrogen-bond donors (Lipinski definition) is 1. The van der Waals surface area contributed by atoms with Crippen LogP contribution >= 0.6 is 22.7 Å². The van der Waals surface area contributed by atoms with E-state index in [0.29, 0.717) is 5.13 Å². The lowest BCUT2D eigenvalue weighted by atomic mass is 10.1. The number of aromatic nitrogens is 2. The third kappa shape index (κ3) is 2.70. The van der Waals surface area contributed by atoms with Gasteiger partial charge in [0.25, 0.3) is 5.91 Å². The minimum Gasteiger partial charge on any atom is -0.297 e. The summed E-state index contributed by atoms with van der Waals surface area (Å²) >= 11 is 2.92. The third-order valence-corrected chi connectivity index (χ3v) is 5.76. The zero-order valence-corrected chi connectivity index (χ0v) is 14.4. The van der Waals surface area contributed by atoms with Gasteiger partial charge in [-0.2, -0.15) is 0 Å². The Labute approximate surface area is 146 Å². The summed E-state index contributed by atoms with van der Waals surface area (Å²) in [6.07, 6.45) is 3.49. The van der Waals surface area contributed by atoms with Gasteiger partial charge in [-0.25, -0.2) is 4.98 Å². The largest absolute Gasteiger partial charge is 0.297 e. The Morgan fingerprint density at radius 2 is 2.04 bits per heavy atom. The van der Waals surface area contributed by atoms with Crippen molar-refractivity contribution in [1.29, 1.82) is 0 Å². The first-order valence-corrected chi connectivity index (χ1v) is 9.07. The Morgan fingerprint density at radius 1 is 1.17 bits per heavy atom. The fraction of sp³-hybridized carbons (Fsp3) is 0.0556. The number of carbonyl (C=O) groups is 1. The minimum atomic E-state index is -0.110. The van der Waals surface area contributed by atoms with Crippen LogP contribution in [-0.4, -0.2) is 15.9 Å². The molecule has 3 heterocycles. The Balaban J connectivity index is 1.60. The molecule has 3 aromatic heterocycles. The van der Waals surface area contributed by atoms with Crippen LogP contribution in [0, 0.1) is 6.92 Å². The molecule has 4 nitrogen and oxygen atoms in total. The number of thiazole rings is 1. The summed E-state index contributed by atoms with van der Waals surface area (Å²) in [5.41, 5.74) is 2.76. The van der Waals surface area contributed by atoms with Crippen molar-refractivity contribution in [2.24, 2.45) is 0 Å². The molecule has 1 N–H and O–H groups in total. The number of anilines is 1. The number of nitrogens with one attached hydrogen (secondary N) is 1. The molecule has 0 unspecified atom stereocenters. The maximum Gasteiger partial charge on any atom is 0.267 e. The molecule has 0 aliphatic heterocycles. The van der Waals surface area contributed by atoms with Crippen LogP contribution in [0.1, 0.15) is 15.2 Å². The maximum absolute atomic E-state index is 12.6. The summed E-state index contributed by atoms with van der Waals surface area (Å²) in [4.78, 5) is 21.9. The molecule has 0 fully saturated rings. The van der Waals surface area contributed by atoms with Crippen LogP contribution < -0.4 is 5.32 Å². The van der Waals surface area contributed by atoms with Crippen LogP contribution in [0.15, 0.2) is 54.2 Å². The highest BCUT2D eigenvalue weighted by Gasteiger charge is 2.16. The zero-order valence-electron chi connectivity index (χ0n) is 12.8. The summed E-state index contributed by atoms with van der Waals surface area (Å²) in [6, 6.07) is 11.9. The van der Waals surface area contributed by atoms with Gasteiger partial charge >= 0.3 is 0 Å². The van der Waals surface area contributed by atoms with Gasteiger partial charge in [0.05, 0.1) is 10.6 Å². The lowest BCUT2D eigenvalue weighted by molar-refractivity contribution is 0.103. The van der Waals surface area contributed by atoms with Crippen molar-refractivity contribution in [3.05, 3.63) is 64.6 Å². The second-order valence-electron chi connectivity index (χ2n) is 5.29. The van der Waals surface area contributed by atoms with Gasteiger partial charge in [0.2, 0.25) is 0 Å². The molecule has 6 heteroatoms. The van der Waals surface area contributed by atoms with E-state index in [1.54, 1.807) is 12.4 Å². The lowest BCUT2D eigenvalue weighted by Crippen LogP contribution is -2.11. The number of nitrogens with zero attached hydrogens (tertiary/aromatic N) is 2. The van der Waals surface area contributed by atoms with Crippen molar-refractivity contribution in [2.45, 2.75) is 6.92 Å². The zero-order chi connectivity index (χ0) is 16.5.